The molecule has 0 saturated carbocycles. The molecule has 1 saturated heterocycles. The molecule has 1 fully saturated rings. The molecule has 0 bridgehead atoms. The third-order valence-electron chi connectivity index (χ3n) is 4.19. The van der Waals surface area contributed by atoms with Crippen LogP contribution in [-0.4, -0.2) is 48.8 Å². The van der Waals surface area contributed by atoms with E-state index in [1.165, 1.54) is 20.1 Å². The van der Waals surface area contributed by atoms with Crippen LogP contribution in [-0.2, 0) is 20.7 Å². The molecule has 1 heterocycles. The van der Waals surface area contributed by atoms with Crippen molar-refractivity contribution in [1.29, 1.82) is 0 Å². The van der Waals surface area contributed by atoms with Gasteiger partial charge in [0.1, 0.15) is 11.6 Å². The third kappa shape index (κ3) is 6.89. The van der Waals surface area contributed by atoms with Gasteiger partial charge >= 0.3 is 5.97 Å². The number of ether oxygens (including phenoxy) is 1. The van der Waals surface area contributed by atoms with Crippen LogP contribution in [0.4, 0.5) is 8.78 Å². The molecule has 0 spiro atoms. The Labute approximate surface area is 162 Å². The molecule has 0 radical (unpaired) electrons. The fourth-order valence-corrected chi connectivity index (χ4v) is 3.05. The first kappa shape index (κ1) is 23.0. The molecule has 150 valence electrons. The highest BCUT2D eigenvalue weighted by molar-refractivity contribution is 5.85. The van der Waals surface area contributed by atoms with Gasteiger partial charge < -0.3 is 20.5 Å². The zero-order chi connectivity index (χ0) is 19.3. The number of benzene rings is 1. The third-order valence-corrected chi connectivity index (χ3v) is 4.19. The number of carbonyl (C=O) groups is 2. The number of halogens is 3. The minimum Gasteiger partial charge on any atom is -0.466 e. The van der Waals surface area contributed by atoms with Gasteiger partial charge in [-0.15, -0.1) is 12.4 Å². The number of amides is 1. The van der Waals surface area contributed by atoms with Crippen LogP contribution < -0.4 is 10.6 Å². The van der Waals surface area contributed by atoms with Crippen molar-refractivity contribution in [3.63, 3.8) is 0 Å². The van der Waals surface area contributed by atoms with E-state index < -0.39 is 35.8 Å². The highest BCUT2D eigenvalue weighted by Crippen LogP contribution is 2.20. The Kier molecular flexibility index (Phi) is 8.81. The lowest BCUT2D eigenvalue weighted by Gasteiger charge is -2.28. The number of nitrogens with one attached hydrogen (secondary N) is 2. The zero-order valence-electron chi connectivity index (χ0n) is 15.0. The first-order valence-corrected chi connectivity index (χ1v) is 8.19. The van der Waals surface area contributed by atoms with Crippen LogP contribution in [0.25, 0.3) is 0 Å². The monoisotopic (exact) mass is 404 g/mol. The van der Waals surface area contributed by atoms with Gasteiger partial charge in [0.15, 0.2) is 0 Å². The van der Waals surface area contributed by atoms with Crippen LogP contribution in [0.1, 0.15) is 18.9 Å². The molecular weight excluding hydrogens is 382 g/mol. The molecule has 27 heavy (non-hydrogen) atoms. The number of hydrogen-bond donors (Lipinski definition) is 3. The lowest BCUT2D eigenvalue weighted by Crippen LogP contribution is -2.51. The van der Waals surface area contributed by atoms with Gasteiger partial charge in [-0.25, -0.2) is 13.6 Å². The topological polar surface area (TPSA) is 87.7 Å². The number of aliphatic hydroxyl groups is 1. The van der Waals surface area contributed by atoms with E-state index in [0.717, 1.165) is 23.8 Å². The molecule has 6 nitrogen and oxygen atoms in total. The molecule has 0 aliphatic carbocycles. The van der Waals surface area contributed by atoms with Crippen molar-refractivity contribution in [3.8, 4) is 0 Å². The molecule has 3 atom stereocenters. The summed E-state index contributed by atoms with van der Waals surface area (Å²) in [6.07, 6.45) is 0.788. The summed E-state index contributed by atoms with van der Waals surface area (Å²) in [5.74, 6) is -2.29. The Hall–Kier alpha value is -2.03. The molecule has 0 aromatic heterocycles. The van der Waals surface area contributed by atoms with Crippen molar-refractivity contribution in [3.05, 3.63) is 47.0 Å². The van der Waals surface area contributed by atoms with Crippen LogP contribution >= 0.6 is 12.4 Å². The second kappa shape index (κ2) is 10.3. The smallest absolute Gasteiger partial charge is 0.330 e. The maximum absolute atomic E-state index is 13.4. The highest BCUT2D eigenvalue weighted by Gasteiger charge is 2.32. The van der Waals surface area contributed by atoms with Gasteiger partial charge in [0.25, 0.3) is 0 Å². The Morgan fingerprint density at radius 2 is 2.00 bits per heavy atom. The molecule has 2 rings (SSSR count). The maximum Gasteiger partial charge on any atom is 0.330 e. The summed E-state index contributed by atoms with van der Waals surface area (Å²) in [5.41, 5.74) is 1.09. The summed E-state index contributed by atoms with van der Waals surface area (Å²) >= 11 is 0. The molecule has 1 aromatic carbocycles. The Bertz CT molecular complexity index is 694. The molecule has 1 aromatic rings. The molecular formula is C18H23ClF2N2O4. The van der Waals surface area contributed by atoms with Crippen molar-refractivity contribution in [2.24, 2.45) is 0 Å². The number of methoxy groups -OCH3 is 1. The van der Waals surface area contributed by atoms with E-state index in [2.05, 4.69) is 15.4 Å². The Balaban J connectivity index is 0.00000364. The van der Waals surface area contributed by atoms with Gasteiger partial charge in [-0.3, -0.25) is 4.79 Å². The van der Waals surface area contributed by atoms with Crippen molar-refractivity contribution < 1.29 is 28.2 Å². The van der Waals surface area contributed by atoms with Crippen molar-refractivity contribution in [2.45, 2.75) is 38.0 Å². The van der Waals surface area contributed by atoms with Gasteiger partial charge in [-0.05, 0) is 36.1 Å². The average molecular weight is 405 g/mol. The number of hydrogen-bond acceptors (Lipinski definition) is 5. The van der Waals surface area contributed by atoms with E-state index in [4.69, 9.17) is 0 Å². The summed E-state index contributed by atoms with van der Waals surface area (Å²) in [6.45, 7) is 1.70. The molecule has 9 heteroatoms. The Morgan fingerprint density at radius 1 is 1.37 bits per heavy atom. The van der Waals surface area contributed by atoms with Crippen LogP contribution in [0.15, 0.2) is 29.8 Å². The van der Waals surface area contributed by atoms with Crippen LogP contribution in [0.5, 0.6) is 0 Å². The molecule has 0 unspecified atom stereocenters. The van der Waals surface area contributed by atoms with E-state index in [0.29, 0.717) is 18.5 Å². The average Bonchev–Trinajstić information content (AvgIpc) is 3.00. The second-order valence-corrected chi connectivity index (χ2v) is 6.30. The van der Waals surface area contributed by atoms with Crippen molar-refractivity contribution in [1.82, 2.24) is 10.6 Å². The standard InChI is InChI=1S/C18H22F2N2O4.ClH/c1-10(23)22-16(5-11-3-13(19)8-14(20)4-11)18(25)15-6-12(9-21-15)7-17(24)26-2;/h3-4,7-8,15-16,18,21,25H,5-6,9H2,1-2H3,(H,22,23);1H/b12-7-;/t15-,16+,18-;/m1./s1. The highest BCUT2D eigenvalue weighted by atomic mass is 35.5. The predicted molar refractivity (Wildman–Crippen MR) is 97.4 cm³/mol. The fraction of sp³-hybridized carbons (Fsp3) is 0.444. The first-order valence-electron chi connectivity index (χ1n) is 8.19. The normalized spacial score (nSPS) is 19.9. The quantitative estimate of drug-likeness (QED) is 0.491. The molecule has 3 N–H and O–H groups in total. The van der Waals surface area contributed by atoms with E-state index in [1.54, 1.807) is 0 Å². The van der Waals surface area contributed by atoms with Gasteiger partial charge in [0, 0.05) is 31.7 Å². The van der Waals surface area contributed by atoms with Gasteiger partial charge in [0.05, 0.1) is 19.3 Å². The van der Waals surface area contributed by atoms with Crippen LogP contribution in [0, 0.1) is 11.6 Å². The van der Waals surface area contributed by atoms with Gasteiger partial charge in [-0.2, -0.15) is 0 Å². The largest absolute Gasteiger partial charge is 0.466 e. The lowest BCUT2D eigenvalue weighted by atomic mass is 9.94. The number of aliphatic hydroxyl groups excluding tert-OH is 1. The minimum absolute atomic E-state index is 0. The summed E-state index contributed by atoms with van der Waals surface area (Å²) < 4.78 is 31.4. The van der Waals surface area contributed by atoms with E-state index in [9.17, 15) is 23.5 Å². The van der Waals surface area contributed by atoms with E-state index in [1.807, 2.05) is 0 Å². The van der Waals surface area contributed by atoms with Crippen LogP contribution in [0.2, 0.25) is 0 Å². The predicted octanol–water partition coefficient (Wildman–Crippen LogP) is 1.26. The number of rotatable bonds is 6. The fourth-order valence-electron chi connectivity index (χ4n) is 3.05. The molecule has 1 amide bonds. The van der Waals surface area contributed by atoms with Crippen LogP contribution in [0.3, 0.4) is 0 Å². The Morgan fingerprint density at radius 3 is 2.56 bits per heavy atom. The SMILES string of the molecule is COC(=O)/C=C1\CN[C@@H]([C@@H](O)[C@H](Cc2cc(F)cc(F)c2)NC(C)=O)C1.Cl. The maximum atomic E-state index is 13.4. The van der Waals surface area contributed by atoms with Crippen molar-refractivity contribution >= 4 is 24.3 Å². The minimum atomic E-state index is -1.02. The summed E-state index contributed by atoms with van der Waals surface area (Å²) in [4.78, 5) is 22.8. The van der Waals surface area contributed by atoms with Gasteiger partial charge in [0.2, 0.25) is 5.91 Å². The number of carbonyl (C=O) groups excluding carboxylic acids is 2. The second-order valence-electron chi connectivity index (χ2n) is 6.30. The lowest BCUT2D eigenvalue weighted by molar-refractivity contribution is -0.134. The van der Waals surface area contributed by atoms with Crippen molar-refractivity contribution in [2.75, 3.05) is 13.7 Å². The van der Waals surface area contributed by atoms with Gasteiger partial charge in [-0.1, -0.05) is 0 Å². The summed E-state index contributed by atoms with van der Waals surface area (Å²) in [7, 11) is 1.28. The summed E-state index contributed by atoms with van der Waals surface area (Å²) in [5, 5.41) is 16.4. The van der Waals surface area contributed by atoms with E-state index in [-0.39, 0.29) is 24.7 Å². The zero-order valence-corrected chi connectivity index (χ0v) is 15.8. The number of esters is 1. The van der Waals surface area contributed by atoms with E-state index >= 15 is 0 Å². The summed E-state index contributed by atoms with van der Waals surface area (Å²) in [6, 6.07) is 1.92. The molecule has 1 aliphatic rings. The molecule has 1 aliphatic heterocycles. The first-order chi connectivity index (χ1) is 12.3.